The van der Waals surface area contributed by atoms with E-state index in [4.69, 9.17) is 4.74 Å². The summed E-state index contributed by atoms with van der Waals surface area (Å²) in [5.74, 6) is 0.417. The molecular weight excluding hydrogens is 515 g/mol. The maximum Gasteiger partial charge on any atom is 0.242 e. The summed E-state index contributed by atoms with van der Waals surface area (Å²) < 4.78 is 47.5. The second-order valence-electron chi connectivity index (χ2n) is 6.17. The van der Waals surface area contributed by atoms with E-state index in [-0.39, 0.29) is 4.90 Å². The fourth-order valence-electron chi connectivity index (χ4n) is 2.64. The Bertz CT molecular complexity index is 867. The molecule has 0 aliphatic carbocycles. The second-order valence-corrected chi connectivity index (χ2v) is 9.56. The largest absolute Gasteiger partial charge is 0.496 e. The number of sulfonamides is 1. The van der Waals surface area contributed by atoms with Crippen molar-refractivity contribution in [3.8, 4) is 5.75 Å². The lowest BCUT2D eigenvalue weighted by Crippen LogP contribution is -2.39. The first-order chi connectivity index (χ1) is 13.4. The molecule has 5 nitrogen and oxygen atoms in total. The van der Waals surface area contributed by atoms with Crippen LogP contribution in [0.1, 0.15) is 19.3 Å². The SMILES string of the molecule is COc1cc(S(=O)(=O)NC(CCCCF)CNc2ccccc2)c(Br)cc1Br. The highest BCUT2D eigenvalue weighted by Crippen LogP contribution is 2.34. The Labute approximate surface area is 182 Å². The highest BCUT2D eigenvalue weighted by molar-refractivity contribution is 9.11. The van der Waals surface area contributed by atoms with Gasteiger partial charge in [-0.3, -0.25) is 4.39 Å². The van der Waals surface area contributed by atoms with Crippen LogP contribution in [0.2, 0.25) is 0 Å². The average molecular weight is 538 g/mol. The standard InChI is InChI=1S/C19H23Br2FN2O3S/c1-27-18-12-19(17(21)11-16(18)20)28(25,26)24-15(9-5-6-10-22)13-23-14-7-3-2-4-8-14/h2-4,7-8,11-12,15,23-24H,5-6,9-10,13H2,1H3. The van der Waals surface area contributed by atoms with E-state index in [0.29, 0.717) is 40.5 Å². The second kappa shape index (κ2) is 11.1. The Morgan fingerprint density at radius 3 is 2.46 bits per heavy atom. The Hall–Kier alpha value is -1.16. The molecule has 2 aromatic rings. The summed E-state index contributed by atoms with van der Waals surface area (Å²) in [5, 5.41) is 3.23. The normalized spacial score (nSPS) is 12.6. The van der Waals surface area contributed by atoms with Crippen LogP contribution in [0.5, 0.6) is 5.75 Å². The number of para-hydroxylation sites is 1. The maximum atomic E-state index is 13.0. The Morgan fingerprint density at radius 1 is 1.11 bits per heavy atom. The van der Waals surface area contributed by atoms with Gasteiger partial charge in [-0.1, -0.05) is 18.2 Å². The molecule has 0 aliphatic rings. The van der Waals surface area contributed by atoms with E-state index in [1.807, 2.05) is 30.3 Å². The van der Waals surface area contributed by atoms with Gasteiger partial charge in [-0.05, 0) is 69.3 Å². The van der Waals surface area contributed by atoms with Crippen LogP contribution < -0.4 is 14.8 Å². The molecule has 0 spiro atoms. The number of hydrogen-bond acceptors (Lipinski definition) is 4. The molecule has 0 aromatic heterocycles. The lowest BCUT2D eigenvalue weighted by atomic mass is 10.1. The third kappa shape index (κ3) is 6.72. The fraction of sp³-hybridized carbons (Fsp3) is 0.368. The van der Waals surface area contributed by atoms with Crippen molar-refractivity contribution in [2.24, 2.45) is 0 Å². The van der Waals surface area contributed by atoms with Crippen LogP contribution in [0.4, 0.5) is 10.1 Å². The summed E-state index contributed by atoms with van der Waals surface area (Å²) in [5.41, 5.74) is 0.892. The molecule has 0 saturated heterocycles. The predicted molar refractivity (Wildman–Crippen MR) is 117 cm³/mol. The highest BCUT2D eigenvalue weighted by atomic mass is 79.9. The van der Waals surface area contributed by atoms with Crippen LogP contribution in [0.3, 0.4) is 0 Å². The van der Waals surface area contributed by atoms with Gasteiger partial charge in [0.05, 0.1) is 23.2 Å². The van der Waals surface area contributed by atoms with E-state index in [1.54, 1.807) is 6.07 Å². The molecule has 2 N–H and O–H groups in total. The Morgan fingerprint density at radius 2 is 1.82 bits per heavy atom. The van der Waals surface area contributed by atoms with Crippen LogP contribution >= 0.6 is 31.9 Å². The van der Waals surface area contributed by atoms with Gasteiger partial charge >= 0.3 is 0 Å². The first-order valence-corrected chi connectivity index (χ1v) is 11.8. The molecule has 154 valence electrons. The van der Waals surface area contributed by atoms with Crippen molar-refractivity contribution in [1.82, 2.24) is 4.72 Å². The topological polar surface area (TPSA) is 67.4 Å². The number of hydrogen-bond donors (Lipinski definition) is 2. The van der Waals surface area contributed by atoms with Gasteiger partial charge in [0, 0.05) is 28.8 Å². The van der Waals surface area contributed by atoms with Gasteiger partial charge in [0.1, 0.15) is 5.75 Å². The molecule has 0 saturated carbocycles. The molecule has 0 bridgehead atoms. The van der Waals surface area contributed by atoms with Crippen LogP contribution in [0.25, 0.3) is 0 Å². The molecule has 1 atom stereocenters. The third-order valence-corrected chi connectivity index (χ3v) is 7.18. The number of methoxy groups -OCH3 is 1. The minimum absolute atomic E-state index is 0.0859. The van der Waals surface area contributed by atoms with Crippen molar-refractivity contribution < 1.29 is 17.5 Å². The number of alkyl halides is 1. The number of anilines is 1. The third-order valence-electron chi connectivity index (χ3n) is 4.08. The quantitative estimate of drug-likeness (QED) is 0.390. The summed E-state index contributed by atoms with van der Waals surface area (Å²) in [6, 6.07) is 12.2. The lowest BCUT2D eigenvalue weighted by Gasteiger charge is -2.21. The van der Waals surface area contributed by atoms with Gasteiger partial charge in [0.25, 0.3) is 0 Å². The Balaban J connectivity index is 2.18. The summed E-state index contributed by atoms with van der Waals surface area (Å²) in [4.78, 5) is 0.0859. The predicted octanol–water partition coefficient (Wildman–Crippen LogP) is 5.12. The van der Waals surface area contributed by atoms with Gasteiger partial charge in [-0.15, -0.1) is 0 Å². The van der Waals surface area contributed by atoms with Crippen LogP contribution in [0.15, 0.2) is 56.3 Å². The van der Waals surface area contributed by atoms with Crippen LogP contribution in [-0.2, 0) is 10.0 Å². The summed E-state index contributed by atoms with van der Waals surface area (Å²) in [7, 11) is -2.34. The van der Waals surface area contributed by atoms with Crippen molar-refractivity contribution in [3.63, 3.8) is 0 Å². The van der Waals surface area contributed by atoms with E-state index in [2.05, 4.69) is 41.9 Å². The number of ether oxygens (including phenoxy) is 1. The Kier molecular flexibility index (Phi) is 9.20. The molecule has 2 aromatic carbocycles. The number of halogens is 3. The van der Waals surface area contributed by atoms with E-state index in [0.717, 1.165) is 5.69 Å². The van der Waals surface area contributed by atoms with Crippen LogP contribution in [0, 0.1) is 0 Å². The molecule has 0 radical (unpaired) electrons. The molecule has 1 unspecified atom stereocenters. The fourth-order valence-corrected chi connectivity index (χ4v) is 5.78. The summed E-state index contributed by atoms with van der Waals surface area (Å²) >= 11 is 6.64. The monoisotopic (exact) mass is 536 g/mol. The van der Waals surface area contributed by atoms with Gasteiger partial charge in [-0.25, -0.2) is 13.1 Å². The summed E-state index contributed by atoms with van der Waals surface area (Å²) in [6.45, 7) is -0.0259. The molecule has 0 fully saturated rings. The molecule has 0 aliphatic heterocycles. The number of benzene rings is 2. The first kappa shape index (κ1) is 23.1. The van der Waals surface area contributed by atoms with Gasteiger partial charge in [-0.2, -0.15) is 0 Å². The highest BCUT2D eigenvalue weighted by Gasteiger charge is 2.24. The van der Waals surface area contributed by atoms with Gasteiger partial charge < -0.3 is 10.1 Å². The number of unbranched alkanes of at least 4 members (excludes halogenated alkanes) is 1. The number of rotatable bonds is 11. The molecule has 0 heterocycles. The van der Waals surface area contributed by atoms with E-state index in [1.165, 1.54) is 13.2 Å². The van der Waals surface area contributed by atoms with Crippen molar-refractivity contribution in [2.75, 3.05) is 25.6 Å². The smallest absolute Gasteiger partial charge is 0.242 e. The minimum atomic E-state index is -3.81. The van der Waals surface area contributed by atoms with Crippen molar-refractivity contribution in [3.05, 3.63) is 51.4 Å². The zero-order valence-corrected chi connectivity index (χ0v) is 19.4. The lowest BCUT2D eigenvalue weighted by molar-refractivity contribution is 0.410. The molecular formula is C19H23Br2FN2O3S. The van der Waals surface area contributed by atoms with E-state index in [9.17, 15) is 12.8 Å². The molecule has 9 heteroatoms. The van der Waals surface area contributed by atoms with Gasteiger partial charge in [0.2, 0.25) is 10.0 Å². The maximum absolute atomic E-state index is 13.0. The first-order valence-electron chi connectivity index (χ1n) is 8.77. The average Bonchev–Trinajstić information content (AvgIpc) is 2.66. The van der Waals surface area contributed by atoms with Crippen molar-refractivity contribution in [1.29, 1.82) is 0 Å². The molecule has 0 amide bonds. The van der Waals surface area contributed by atoms with E-state index < -0.39 is 22.7 Å². The molecule has 2 rings (SSSR count). The zero-order valence-electron chi connectivity index (χ0n) is 15.4. The zero-order chi connectivity index (χ0) is 20.6. The van der Waals surface area contributed by atoms with Crippen LogP contribution in [-0.4, -0.2) is 34.8 Å². The van der Waals surface area contributed by atoms with Crippen molar-refractivity contribution >= 4 is 47.6 Å². The van der Waals surface area contributed by atoms with E-state index >= 15 is 0 Å². The molecule has 28 heavy (non-hydrogen) atoms. The minimum Gasteiger partial charge on any atom is -0.496 e. The summed E-state index contributed by atoms with van der Waals surface area (Å²) in [6.07, 6.45) is 1.51. The van der Waals surface area contributed by atoms with Crippen molar-refractivity contribution in [2.45, 2.75) is 30.2 Å². The number of nitrogens with one attached hydrogen (secondary N) is 2. The van der Waals surface area contributed by atoms with Gasteiger partial charge in [0.15, 0.2) is 0 Å².